The number of nitrogens with one attached hydrogen (secondary N) is 1. The fraction of sp³-hybridized carbons (Fsp3) is 0.100. The summed E-state index contributed by atoms with van der Waals surface area (Å²) in [5.41, 5.74) is 5.68. The van der Waals surface area contributed by atoms with Crippen LogP contribution in [0.4, 0.5) is 5.82 Å². The molecule has 17 heavy (non-hydrogen) atoms. The molecule has 5 nitrogen and oxygen atoms in total. The predicted molar refractivity (Wildman–Crippen MR) is 66.9 cm³/mol. The van der Waals surface area contributed by atoms with E-state index in [2.05, 4.69) is 15.3 Å². The molecule has 0 fully saturated rings. The minimum Gasteiger partial charge on any atom is -0.382 e. The van der Waals surface area contributed by atoms with Crippen LogP contribution in [0.2, 0.25) is 4.34 Å². The molecule has 0 unspecified atom stereocenters. The smallest absolute Gasteiger partial charge is 0.274 e. The molecule has 2 heterocycles. The van der Waals surface area contributed by atoms with E-state index < -0.39 is 0 Å². The minimum absolute atomic E-state index is 0.120. The molecule has 7 heteroatoms. The quantitative estimate of drug-likeness (QED) is 0.888. The molecule has 0 saturated carbocycles. The van der Waals surface area contributed by atoms with Gasteiger partial charge in [0.1, 0.15) is 0 Å². The number of aromatic nitrogens is 2. The van der Waals surface area contributed by atoms with Crippen LogP contribution in [0.3, 0.4) is 0 Å². The number of nitrogens with zero attached hydrogens (tertiary/aromatic N) is 2. The first-order valence-electron chi connectivity index (χ1n) is 4.75. The minimum atomic E-state index is -0.347. The zero-order chi connectivity index (χ0) is 12.3. The van der Waals surface area contributed by atoms with Crippen molar-refractivity contribution >= 4 is 34.7 Å². The number of hydrogen-bond donors (Lipinski definition) is 2. The van der Waals surface area contributed by atoms with Crippen molar-refractivity contribution < 1.29 is 4.79 Å². The SMILES string of the molecule is Nc1nccnc1C(=O)NCc1ccc(Cl)s1. The first-order valence-corrected chi connectivity index (χ1v) is 5.95. The number of amides is 1. The number of halogens is 1. The molecule has 2 rings (SSSR count). The second-order valence-corrected chi connectivity index (χ2v) is 4.98. The van der Waals surface area contributed by atoms with Gasteiger partial charge in [-0.1, -0.05) is 11.6 Å². The summed E-state index contributed by atoms with van der Waals surface area (Å²) in [5.74, 6) is -0.227. The number of nitrogens with two attached hydrogens (primary N) is 1. The highest BCUT2D eigenvalue weighted by Gasteiger charge is 2.11. The van der Waals surface area contributed by atoms with Crippen molar-refractivity contribution in [3.8, 4) is 0 Å². The predicted octanol–water partition coefficient (Wildman–Crippen LogP) is 1.70. The lowest BCUT2D eigenvalue weighted by Crippen LogP contribution is -2.24. The highest BCUT2D eigenvalue weighted by Crippen LogP contribution is 2.21. The van der Waals surface area contributed by atoms with Gasteiger partial charge in [0.05, 0.1) is 10.9 Å². The van der Waals surface area contributed by atoms with Crippen LogP contribution in [0.5, 0.6) is 0 Å². The Balaban J connectivity index is 2.01. The van der Waals surface area contributed by atoms with Crippen LogP contribution in [0.15, 0.2) is 24.5 Å². The van der Waals surface area contributed by atoms with Crippen LogP contribution in [-0.2, 0) is 6.54 Å². The highest BCUT2D eigenvalue weighted by atomic mass is 35.5. The van der Waals surface area contributed by atoms with Crippen molar-refractivity contribution in [3.05, 3.63) is 39.4 Å². The average molecular weight is 269 g/mol. The van der Waals surface area contributed by atoms with Crippen molar-refractivity contribution in [1.82, 2.24) is 15.3 Å². The Hall–Kier alpha value is -1.66. The Labute approximate surface area is 107 Å². The largest absolute Gasteiger partial charge is 0.382 e. The molecule has 0 aromatic carbocycles. The van der Waals surface area contributed by atoms with E-state index in [9.17, 15) is 4.79 Å². The van der Waals surface area contributed by atoms with Crippen LogP contribution in [0.25, 0.3) is 0 Å². The zero-order valence-corrected chi connectivity index (χ0v) is 10.3. The summed E-state index contributed by atoms with van der Waals surface area (Å²) in [6.07, 6.45) is 2.86. The van der Waals surface area contributed by atoms with Crippen molar-refractivity contribution in [3.63, 3.8) is 0 Å². The maximum absolute atomic E-state index is 11.7. The van der Waals surface area contributed by atoms with Gasteiger partial charge < -0.3 is 11.1 Å². The van der Waals surface area contributed by atoms with Crippen LogP contribution < -0.4 is 11.1 Å². The summed E-state index contributed by atoms with van der Waals surface area (Å²) in [5, 5.41) is 2.70. The van der Waals surface area contributed by atoms with E-state index in [0.717, 1.165) is 4.88 Å². The van der Waals surface area contributed by atoms with Gasteiger partial charge in [0.15, 0.2) is 11.5 Å². The monoisotopic (exact) mass is 268 g/mol. The third-order valence-corrected chi connectivity index (χ3v) is 3.22. The molecule has 0 spiro atoms. The van der Waals surface area contributed by atoms with E-state index in [1.54, 1.807) is 6.07 Å². The molecule has 2 aromatic rings. The van der Waals surface area contributed by atoms with Gasteiger partial charge in [-0.05, 0) is 12.1 Å². The van der Waals surface area contributed by atoms with Crippen LogP contribution in [0, 0.1) is 0 Å². The fourth-order valence-corrected chi connectivity index (χ4v) is 2.25. The van der Waals surface area contributed by atoms with E-state index in [-0.39, 0.29) is 17.4 Å². The summed E-state index contributed by atoms with van der Waals surface area (Å²) in [6.45, 7) is 0.395. The molecule has 0 bridgehead atoms. The van der Waals surface area contributed by atoms with Gasteiger partial charge in [-0.3, -0.25) is 4.79 Å². The number of carbonyl (C=O) groups excluding carboxylic acids is 1. The van der Waals surface area contributed by atoms with Crippen LogP contribution in [0.1, 0.15) is 15.4 Å². The zero-order valence-electron chi connectivity index (χ0n) is 8.68. The van der Waals surface area contributed by atoms with Crippen molar-refractivity contribution in [2.75, 3.05) is 5.73 Å². The van der Waals surface area contributed by atoms with Crippen molar-refractivity contribution in [2.45, 2.75) is 6.54 Å². The molecular formula is C10H9ClN4OS. The summed E-state index contributed by atoms with van der Waals surface area (Å²) >= 11 is 7.19. The van der Waals surface area contributed by atoms with Crippen molar-refractivity contribution in [2.24, 2.45) is 0 Å². The Morgan fingerprint density at radius 1 is 1.41 bits per heavy atom. The first-order chi connectivity index (χ1) is 8.16. The van der Waals surface area contributed by atoms with Gasteiger partial charge in [0.2, 0.25) is 0 Å². The number of hydrogen-bond acceptors (Lipinski definition) is 5. The number of carbonyl (C=O) groups is 1. The Bertz CT molecular complexity index is 543. The molecule has 0 aliphatic rings. The normalized spacial score (nSPS) is 10.2. The molecule has 1 amide bonds. The first kappa shape index (κ1) is 11.8. The highest BCUT2D eigenvalue weighted by molar-refractivity contribution is 7.16. The van der Waals surface area contributed by atoms with E-state index in [1.807, 2.05) is 6.07 Å². The summed E-state index contributed by atoms with van der Waals surface area (Å²) in [7, 11) is 0. The third kappa shape index (κ3) is 2.92. The number of anilines is 1. The third-order valence-electron chi connectivity index (χ3n) is 1.99. The summed E-state index contributed by atoms with van der Waals surface area (Å²) in [6, 6.07) is 3.64. The molecule has 0 saturated heterocycles. The lowest BCUT2D eigenvalue weighted by molar-refractivity contribution is 0.0947. The maximum atomic E-state index is 11.7. The van der Waals surface area contributed by atoms with Crippen molar-refractivity contribution in [1.29, 1.82) is 0 Å². The molecule has 88 valence electrons. The molecule has 3 N–H and O–H groups in total. The van der Waals surface area contributed by atoms with Gasteiger partial charge >= 0.3 is 0 Å². The van der Waals surface area contributed by atoms with Gasteiger partial charge in [-0.25, -0.2) is 9.97 Å². The van der Waals surface area contributed by atoms with Crippen LogP contribution in [-0.4, -0.2) is 15.9 Å². The van der Waals surface area contributed by atoms with Crippen LogP contribution >= 0.6 is 22.9 Å². The molecule has 2 aromatic heterocycles. The molecule has 0 aliphatic carbocycles. The molecule has 0 aliphatic heterocycles. The van der Waals surface area contributed by atoms with Gasteiger partial charge in [0, 0.05) is 17.3 Å². The Morgan fingerprint density at radius 2 is 2.18 bits per heavy atom. The second kappa shape index (κ2) is 5.11. The van der Waals surface area contributed by atoms with E-state index in [4.69, 9.17) is 17.3 Å². The number of rotatable bonds is 3. The van der Waals surface area contributed by atoms with E-state index in [0.29, 0.717) is 10.9 Å². The average Bonchev–Trinajstić information content (AvgIpc) is 2.73. The lowest BCUT2D eigenvalue weighted by Gasteiger charge is -2.04. The topological polar surface area (TPSA) is 80.9 Å². The summed E-state index contributed by atoms with van der Waals surface area (Å²) in [4.78, 5) is 20.4. The number of nitrogen functional groups attached to an aromatic ring is 1. The molecule has 0 radical (unpaired) electrons. The molecular weight excluding hydrogens is 260 g/mol. The fourth-order valence-electron chi connectivity index (χ4n) is 1.22. The number of thiophene rings is 1. The van der Waals surface area contributed by atoms with E-state index >= 15 is 0 Å². The van der Waals surface area contributed by atoms with Gasteiger partial charge in [0.25, 0.3) is 5.91 Å². The summed E-state index contributed by atoms with van der Waals surface area (Å²) < 4.78 is 0.688. The van der Waals surface area contributed by atoms with E-state index in [1.165, 1.54) is 23.7 Å². The lowest BCUT2D eigenvalue weighted by atomic mass is 10.3. The Morgan fingerprint density at radius 3 is 2.82 bits per heavy atom. The molecule has 0 atom stereocenters. The van der Waals surface area contributed by atoms with Gasteiger partial charge in [-0.2, -0.15) is 0 Å². The second-order valence-electron chi connectivity index (χ2n) is 3.18. The standard InChI is InChI=1S/C10H9ClN4OS/c11-7-2-1-6(17-7)5-15-10(16)8-9(12)14-4-3-13-8/h1-4H,5H2,(H2,12,14)(H,15,16). The maximum Gasteiger partial charge on any atom is 0.274 e. The Kier molecular flexibility index (Phi) is 3.55. The van der Waals surface area contributed by atoms with Gasteiger partial charge in [-0.15, -0.1) is 11.3 Å².